The molecule has 0 aliphatic rings. The summed E-state index contributed by atoms with van der Waals surface area (Å²) in [5, 5.41) is 5.15. The Bertz CT molecular complexity index is 614. The van der Waals surface area contributed by atoms with Crippen molar-refractivity contribution < 1.29 is 9.59 Å². The van der Waals surface area contributed by atoms with E-state index in [9.17, 15) is 9.59 Å². The molecule has 1 heterocycles. The largest absolute Gasteiger partial charge is 0.345 e. The first-order valence-corrected chi connectivity index (χ1v) is 7.22. The average Bonchev–Trinajstić information content (AvgIpc) is 2.55. The molecule has 0 aliphatic carbocycles. The second-order valence-electron chi connectivity index (χ2n) is 5.07. The number of hydrogen-bond donors (Lipinski definition) is 2. The number of nitrogens with one attached hydrogen (secondary N) is 2. The molecule has 0 fully saturated rings. The number of nitrogens with zero attached hydrogens (tertiary/aromatic N) is 1. The molecule has 2 amide bonds. The van der Waals surface area contributed by atoms with Gasteiger partial charge in [-0.1, -0.05) is 36.4 Å². The quantitative estimate of drug-likeness (QED) is 0.831. The number of hydrogen-bond acceptors (Lipinski definition) is 3. The van der Waals surface area contributed by atoms with Crippen molar-refractivity contribution >= 4 is 17.6 Å². The molecule has 1 aromatic heterocycles. The Morgan fingerprint density at radius 1 is 1.05 bits per heavy atom. The van der Waals surface area contributed by atoms with E-state index in [-0.39, 0.29) is 6.04 Å². The van der Waals surface area contributed by atoms with Gasteiger partial charge in [0.15, 0.2) is 0 Å². The van der Waals surface area contributed by atoms with Crippen molar-refractivity contribution in [2.24, 2.45) is 0 Å². The molecule has 0 radical (unpaired) electrons. The normalized spacial score (nSPS) is 11.5. The summed E-state index contributed by atoms with van der Waals surface area (Å²) in [7, 11) is 0. The first kappa shape index (κ1) is 15.7. The predicted octanol–water partition coefficient (Wildman–Crippen LogP) is 2.16. The predicted molar refractivity (Wildman–Crippen MR) is 85.2 cm³/mol. The summed E-state index contributed by atoms with van der Waals surface area (Å²) in [6.45, 7) is 1.88. The van der Waals surface area contributed by atoms with Crippen molar-refractivity contribution in [2.75, 3.05) is 5.32 Å². The van der Waals surface area contributed by atoms with Crippen LogP contribution in [0.1, 0.15) is 18.9 Å². The van der Waals surface area contributed by atoms with Crippen molar-refractivity contribution in [3.8, 4) is 0 Å². The van der Waals surface area contributed by atoms with Crippen molar-refractivity contribution in [1.29, 1.82) is 0 Å². The number of aryl methyl sites for hydroxylation is 1. The van der Waals surface area contributed by atoms with Crippen LogP contribution >= 0.6 is 0 Å². The van der Waals surface area contributed by atoms with Gasteiger partial charge in [0.2, 0.25) is 0 Å². The highest BCUT2D eigenvalue weighted by atomic mass is 16.2. The summed E-state index contributed by atoms with van der Waals surface area (Å²) >= 11 is 0. The van der Waals surface area contributed by atoms with E-state index in [1.54, 1.807) is 24.4 Å². The Morgan fingerprint density at radius 2 is 1.77 bits per heavy atom. The molecule has 0 saturated carbocycles. The SMILES string of the molecule is C[C@H](CCc1ccccc1)NC(=O)C(=O)Nc1ccccn1. The molecule has 0 aliphatic heterocycles. The van der Waals surface area contributed by atoms with Crippen molar-refractivity contribution in [1.82, 2.24) is 10.3 Å². The molecule has 22 heavy (non-hydrogen) atoms. The Kier molecular flexibility index (Phi) is 5.65. The minimum atomic E-state index is -0.703. The fourth-order valence-corrected chi connectivity index (χ4v) is 2.00. The van der Waals surface area contributed by atoms with Crippen molar-refractivity contribution in [3.63, 3.8) is 0 Å². The van der Waals surface area contributed by atoms with Gasteiger partial charge in [0, 0.05) is 12.2 Å². The lowest BCUT2D eigenvalue weighted by Crippen LogP contribution is -2.40. The van der Waals surface area contributed by atoms with Gasteiger partial charge in [0.25, 0.3) is 0 Å². The van der Waals surface area contributed by atoms with Crippen LogP contribution in [0.15, 0.2) is 54.7 Å². The van der Waals surface area contributed by atoms with E-state index in [4.69, 9.17) is 0 Å². The van der Waals surface area contributed by atoms with Crippen LogP contribution < -0.4 is 10.6 Å². The fourth-order valence-electron chi connectivity index (χ4n) is 2.00. The van der Waals surface area contributed by atoms with Gasteiger partial charge < -0.3 is 10.6 Å². The third kappa shape index (κ3) is 5.01. The summed E-state index contributed by atoms with van der Waals surface area (Å²) in [5.74, 6) is -0.990. The molecule has 1 atom stereocenters. The summed E-state index contributed by atoms with van der Waals surface area (Å²) in [5.41, 5.74) is 1.21. The maximum Gasteiger partial charge on any atom is 0.314 e. The van der Waals surface area contributed by atoms with Gasteiger partial charge >= 0.3 is 11.8 Å². The Balaban J connectivity index is 1.77. The Hall–Kier alpha value is -2.69. The van der Waals surface area contributed by atoms with Gasteiger partial charge in [0.05, 0.1) is 0 Å². The van der Waals surface area contributed by atoms with Crippen LogP contribution in [0.25, 0.3) is 0 Å². The summed E-state index contributed by atoms with van der Waals surface area (Å²) in [4.78, 5) is 27.5. The molecule has 0 saturated heterocycles. The third-order valence-corrected chi connectivity index (χ3v) is 3.20. The van der Waals surface area contributed by atoms with Gasteiger partial charge in [-0.3, -0.25) is 9.59 Å². The lowest BCUT2D eigenvalue weighted by atomic mass is 10.1. The first-order valence-electron chi connectivity index (χ1n) is 7.22. The number of benzene rings is 1. The van der Waals surface area contributed by atoms with E-state index in [1.807, 2.05) is 37.3 Å². The highest BCUT2D eigenvalue weighted by molar-refractivity contribution is 6.39. The molecule has 2 rings (SSSR count). The van der Waals surface area contributed by atoms with Gasteiger partial charge in [-0.2, -0.15) is 0 Å². The van der Waals surface area contributed by atoms with E-state index in [2.05, 4.69) is 15.6 Å². The van der Waals surface area contributed by atoms with E-state index < -0.39 is 11.8 Å². The molecule has 1 aromatic carbocycles. The van der Waals surface area contributed by atoms with Crippen LogP contribution in [0.4, 0.5) is 5.82 Å². The zero-order chi connectivity index (χ0) is 15.8. The Labute approximate surface area is 129 Å². The van der Waals surface area contributed by atoms with Crippen LogP contribution in [0.2, 0.25) is 0 Å². The van der Waals surface area contributed by atoms with E-state index >= 15 is 0 Å². The van der Waals surface area contributed by atoms with Crippen LogP contribution in [-0.4, -0.2) is 22.8 Å². The number of amides is 2. The molecule has 2 aromatic rings. The molecule has 0 bridgehead atoms. The summed E-state index contributed by atoms with van der Waals surface area (Å²) in [6, 6.07) is 15.1. The fraction of sp³-hybridized carbons (Fsp3) is 0.235. The number of pyridine rings is 1. The van der Waals surface area contributed by atoms with Crippen LogP contribution in [0, 0.1) is 0 Å². The highest BCUT2D eigenvalue weighted by Gasteiger charge is 2.16. The monoisotopic (exact) mass is 297 g/mol. The number of carbonyl (C=O) groups excluding carboxylic acids is 2. The molecular formula is C17H19N3O2. The van der Waals surface area contributed by atoms with E-state index in [0.717, 1.165) is 12.8 Å². The lowest BCUT2D eigenvalue weighted by Gasteiger charge is -2.13. The molecule has 0 unspecified atom stereocenters. The topological polar surface area (TPSA) is 71.1 Å². The standard InChI is InChI=1S/C17H19N3O2/c1-13(10-11-14-7-3-2-4-8-14)19-16(21)17(22)20-15-9-5-6-12-18-15/h2-9,12-13H,10-11H2,1H3,(H,19,21)(H,18,20,22)/t13-/m1/s1. The number of anilines is 1. The maximum absolute atomic E-state index is 11.8. The van der Waals surface area contributed by atoms with Gasteiger partial charge in [0.1, 0.15) is 5.82 Å². The average molecular weight is 297 g/mol. The zero-order valence-corrected chi connectivity index (χ0v) is 12.5. The van der Waals surface area contributed by atoms with Crippen LogP contribution in [-0.2, 0) is 16.0 Å². The second-order valence-corrected chi connectivity index (χ2v) is 5.07. The van der Waals surface area contributed by atoms with E-state index in [1.165, 1.54) is 5.56 Å². The maximum atomic E-state index is 11.8. The molecule has 2 N–H and O–H groups in total. The third-order valence-electron chi connectivity index (χ3n) is 3.20. The first-order chi connectivity index (χ1) is 10.6. The number of rotatable bonds is 5. The smallest absolute Gasteiger partial charge is 0.314 e. The van der Waals surface area contributed by atoms with Gasteiger partial charge in [-0.05, 0) is 37.5 Å². The number of carbonyl (C=O) groups is 2. The number of aromatic nitrogens is 1. The molecule has 5 nitrogen and oxygen atoms in total. The molecule has 5 heteroatoms. The van der Waals surface area contributed by atoms with Gasteiger partial charge in [-0.15, -0.1) is 0 Å². The lowest BCUT2D eigenvalue weighted by molar-refractivity contribution is -0.136. The van der Waals surface area contributed by atoms with Crippen molar-refractivity contribution in [2.45, 2.75) is 25.8 Å². The van der Waals surface area contributed by atoms with Crippen LogP contribution in [0.3, 0.4) is 0 Å². The summed E-state index contributed by atoms with van der Waals surface area (Å²) < 4.78 is 0. The van der Waals surface area contributed by atoms with E-state index in [0.29, 0.717) is 5.82 Å². The molecule has 114 valence electrons. The molecule has 0 spiro atoms. The van der Waals surface area contributed by atoms with Gasteiger partial charge in [-0.25, -0.2) is 4.98 Å². The van der Waals surface area contributed by atoms with Crippen LogP contribution in [0.5, 0.6) is 0 Å². The minimum absolute atomic E-state index is 0.0813. The highest BCUT2D eigenvalue weighted by Crippen LogP contribution is 2.05. The summed E-state index contributed by atoms with van der Waals surface area (Å²) in [6.07, 6.45) is 3.17. The minimum Gasteiger partial charge on any atom is -0.345 e. The van der Waals surface area contributed by atoms with Crippen molar-refractivity contribution in [3.05, 3.63) is 60.3 Å². The Morgan fingerprint density at radius 3 is 2.45 bits per heavy atom. The zero-order valence-electron chi connectivity index (χ0n) is 12.5. The second kappa shape index (κ2) is 7.93. The molecular weight excluding hydrogens is 278 g/mol.